The van der Waals surface area contributed by atoms with Crippen LogP contribution in [0.5, 0.6) is 0 Å². The van der Waals surface area contributed by atoms with Crippen LogP contribution in [0.4, 0.5) is 14.5 Å². The Morgan fingerprint density at radius 1 is 1.18 bits per heavy atom. The Hall–Kier alpha value is -3.33. The fourth-order valence-electron chi connectivity index (χ4n) is 3.24. The summed E-state index contributed by atoms with van der Waals surface area (Å²) in [6.07, 6.45) is 0.626. The Labute approximate surface area is 193 Å². The standard InChI is InChI=1S/C22H23F2N3O3.C2H7N/c1-15-6-4-9-19(21(11-28)26-29-3)20(15)12-30-25-16(2)17-7-5-8-18(10-17)27-13-22(23,24)14-27;1-3-2/h4-11H,12-14H2,1-3H3;3H,1-2H3/b25-16+,26-21-;. The molecular weight excluding hydrogens is 430 g/mol. The second-order valence-corrected chi connectivity index (χ2v) is 7.59. The Bertz CT molecular complexity index is 1000. The monoisotopic (exact) mass is 460 g/mol. The maximum absolute atomic E-state index is 13.1. The zero-order chi connectivity index (χ0) is 24.4. The Morgan fingerprint density at radius 3 is 2.45 bits per heavy atom. The molecule has 0 atom stereocenters. The highest BCUT2D eigenvalue weighted by atomic mass is 19.3. The van der Waals surface area contributed by atoms with E-state index in [4.69, 9.17) is 9.68 Å². The molecule has 33 heavy (non-hydrogen) atoms. The highest BCUT2D eigenvalue weighted by molar-refractivity contribution is 6.36. The topological polar surface area (TPSA) is 75.5 Å². The van der Waals surface area contributed by atoms with Crippen LogP contribution in [0.1, 0.15) is 29.2 Å². The van der Waals surface area contributed by atoms with E-state index in [2.05, 4.69) is 15.6 Å². The Morgan fingerprint density at radius 2 is 1.85 bits per heavy atom. The van der Waals surface area contributed by atoms with Crippen molar-refractivity contribution >= 4 is 23.4 Å². The predicted octanol–water partition coefficient (Wildman–Crippen LogP) is 3.78. The number of alkyl halides is 2. The molecule has 7 nitrogen and oxygen atoms in total. The van der Waals surface area contributed by atoms with Crippen LogP contribution < -0.4 is 10.2 Å². The first-order chi connectivity index (χ1) is 15.8. The van der Waals surface area contributed by atoms with Crippen molar-refractivity contribution in [2.24, 2.45) is 10.3 Å². The van der Waals surface area contributed by atoms with Gasteiger partial charge in [-0.15, -0.1) is 0 Å². The van der Waals surface area contributed by atoms with Gasteiger partial charge in [-0.05, 0) is 45.6 Å². The first kappa shape index (κ1) is 25.9. The van der Waals surface area contributed by atoms with Gasteiger partial charge in [0.05, 0.1) is 18.8 Å². The van der Waals surface area contributed by atoms with Crippen LogP contribution in [-0.2, 0) is 21.1 Å². The summed E-state index contributed by atoms with van der Waals surface area (Å²) in [4.78, 5) is 23.3. The summed E-state index contributed by atoms with van der Waals surface area (Å²) >= 11 is 0. The molecule has 0 bridgehead atoms. The lowest BCUT2D eigenvalue weighted by molar-refractivity contribution is -0.102. The molecule has 1 fully saturated rings. The number of anilines is 1. The SMILES string of the molecule is CNC.CO/N=C(/C=O)c1cccc(C)c1CO/N=C(\C)c1cccc(N2CC(F)(F)C2)c1. The number of carbonyl (C=O) groups excluding carboxylic acids is 1. The third-order valence-electron chi connectivity index (χ3n) is 4.87. The van der Waals surface area contributed by atoms with Gasteiger partial charge < -0.3 is 19.9 Å². The van der Waals surface area contributed by atoms with Crippen LogP contribution >= 0.6 is 0 Å². The molecule has 0 saturated carbocycles. The number of oxime groups is 2. The minimum absolute atomic E-state index is 0.133. The number of hydrogen-bond donors (Lipinski definition) is 1. The number of rotatable bonds is 8. The van der Waals surface area contributed by atoms with Crippen molar-refractivity contribution in [3.63, 3.8) is 0 Å². The van der Waals surface area contributed by atoms with Crippen LogP contribution in [0.25, 0.3) is 0 Å². The van der Waals surface area contributed by atoms with Gasteiger partial charge in [-0.3, -0.25) is 4.79 Å². The molecule has 0 unspecified atom stereocenters. The van der Waals surface area contributed by atoms with Gasteiger partial charge in [0.25, 0.3) is 5.92 Å². The van der Waals surface area contributed by atoms with Crippen molar-refractivity contribution in [3.05, 3.63) is 64.7 Å². The van der Waals surface area contributed by atoms with E-state index in [-0.39, 0.29) is 25.4 Å². The average Bonchev–Trinajstić information content (AvgIpc) is 2.77. The highest BCUT2D eigenvalue weighted by Gasteiger charge is 2.43. The van der Waals surface area contributed by atoms with Gasteiger partial charge >= 0.3 is 0 Å². The molecule has 0 amide bonds. The summed E-state index contributed by atoms with van der Waals surface area (Å²) in [6.45, 7) is 3.27. The third-order valence-corrected chi connectivity index (χ3v) is 4.87. The third kappa shape index (κ3) is 7.08. The lowest BCUT2D eigenvalue weighted by Gasteiger charge is -2.40. The van der Waals surface area contributed by atoms with E-state index in [0.29, 0.717) is 17.6 Å². The molecule has 2 aromatic rings. The van der Waals surface area contributed by atoms with Gasteiger partial charge in [0, 0.05) is 22.4 Å². The summed E-state index contributed by atoms with van der Waals surface area (Å²) in [7, 11) is 5.12. The largest absolute Gasteiger partial charge is 0.399 e. The van der Waals surface area contributed by atoms with Crippen LogP contribution in [-0.4, -0.2) is 57.9 Å². The Balaban J connectivity index is 0.00000122. The van der Waals surface area contributed by atoms with Crippen molar-refractivity contribution < 1.29 is 23.3 Å². The molecule has 0 aromatic heterocycles. The molecule has 1 saturated heterocycles. The lowest BCUT2D eigenvalue weighted by atomic mass is 9.99. The number of aryl methyl sites for hydroxylation is 1. The molecule has 1 N–H and O–H groups in total. The first-order valence-electron chi connectivity index (χ1n) is 10.4. The van der Waals surface area contributed by atoms with E-state index in [0.717, 1.165) is 22.4 Å². The van der Waals surface area contributed by atoms with Crippen LogP contribution in [0, 0.1) is 6.92 Å². The molecule has 0 radical (unpaired) electrons. The molecule has 3 rings (SSSR count). The maximum Gasteiger partial charge on any atom is 0.282 e. The number of carbonyl (C=O) groups is 1. The summed E-state index contributed by atoms with van der Waals surface area (Å²) in [5.74, 6) is -2.63. The van der Waals surface area contributed by atoms with Crippen molar-refractivity contribution in [3.8, 4) is 0 Å². The number of aldehydes is 1. The number of hydrogen-bond acceptors (Lipinski definition) is 7. The molecule has 0 aliphatic carbocycles. The summed E-state index contributed by atoms with van der Waals surface area (Å²) in [5, 5.41) is 10.7. The molecular formula is C24H30F2N4O3. The zero-order valence-corrected chi connectivity index (χ0v) is 19.6. The van der Waals surface area contributed by atoms with E-state index in [1.165, 1.54) is 7.11 Å². The summed E-state index contributed by atoms with van der Waals surface area (Å²) in [6, 6.07) is 12.7. The highest BCUT2D eigenvalue weighted by Crippen LogP contribution is 2.32. The average molecular weight is 461 g/mol. The molecule has 1 aliphatic heterocycles. The van der Waals surface area contributed by atoms with Gasteiger partial charge in [-0.2, -0.15) is 0 Å². The molecule has 1 heterocycles. The van der Waals surface area contributed by atoms with E-state index in [9.17, 15) is 13.6 Å². The second-order valence-electron chi connectivity index (χ2n) is 7.59. The Kier molecular flexibility index (Phi) is 9.47. The number of nitrogens with one attached hydrogen (secondary N) is 1. The minimum Gasteiger partial charge on any atom is -0.399 e. The summed E-state index contributed by atoms with van der Waals surface area (Å²) in [5.41, 5.74) is 4.59. The van der Waals surface area contributed by atoms with E-state index >= 15 is 0 Å². The fraction of sp³-hybridized carbons (Fsp3) is 0.375. The van der Waals surface area contributed by atoms with Crippen LogP contribution in [0.15, 0.2) is 52.8 Å². The van der Waals surface area contributed by atoms with Gasteiger partial charge in [-0.25, -0.2) is 8.78 Å². The van der Waals surface area contributed by atoms with Crippen LogP contribution in [0.2, 0.25) is 0 Å². The van der Waals surface area contributed by atoms with Crippen LogP contribution in [0.3, 0.4) is 0 Å². The lowest BCUT2D eigenvalue weighted by Crippen LogP contribution is -2.56. The van der Waals surface area contributed by atoms with Crippen molar-refractivity contribution in [1.82, 2.24) is 5.32 Å². The van der Waals surface area contributed by atoms with Crippen molar-refractivity contribution in [1.29, 1.82) is 0 Å². The zero-order valence-electron chi connectivity index (χ0n) is 19.6. The smallest absolute Gasteiger partial charge is 0.282 e. The van der Waals surface area contributed by atoms with Crippen molar-refractivity contribution in [2.75, 3.05) is 39.2 Å². The molecule has 9 heteroatoms. The van der Waals surface area contributed by atoms with Gasteiger partial charge in [0.15, 0.2) is 6.29 Å². The van der Waals surface area contributed by atoms with E-state index < -0.39 is 5.92 Å². The molecule has 1 aliphatic rings. The number of benzene rings is 2. The van der Waals surface area contributed by atoms with Gasteiger partial charge in [-0.1, -0.05) is 40.6 Å². The predicted molar refractivity (Wildman–Crippen MR) is 126 cm³/mol. The van der Waals surface area contributed by atoms with E-state index in [1.807, 2.05) is 45.3 Å². The van der Waals surface area contributed by atoms with Crippen molar-refractivity contribution in [2.45, 2.75) is 26.4 Å². The fourth-order valence-corrected chi connectivity index (χ4v) is 3.24. The molecule has 178 valence electrons. The normalized spacial score (nSPS) is 15.2. The quantitative estimate of drug-likeness (QED) is 0.369. The summed E-state index contributed by atoms with van der Waals surface area (Å²) < 4.78 is 26.3. The molecule has 0 spiro atoms. The molecule has 2 aromatic carbocycles. The minimum atomic E-state index is -2.63. The number of nitrogens with zero attached hydrogens (tertiary/aromatic N) is 3. The second kappa shape index (κ2) is 12.1. The number of halogens is 2. The first-order valence-corrected chi connectivity index (χ1v) is 10.4. The maximum atomic E-state index is 13.1. The van der Waals surface area contributed by atoms with Gasteiger partial charge in [0.1, 0.15) is 19.4 Å². The van der Waals surface area contributed by atoms with Gasteiger partial charge in [0.2, 0.25) is 0 Å². The van der Waals surface area contributed by atoms with E-state index in [1.54, 1.807) is 30.0 Å².